The second-order valence-corrected chi connectivity index (χ2v) is 3.90. The second-order valence-electron chi connectivity index (χ2n) is 3.90. The van der Waals surface area contributed by atoms with Crippen molar-refractivity contribution < 1.29 is 4.39 Å². The van der Waals surface area contributed by atoms with Crippen LogP contribution in [0, 0.1) is 5.92 Å². The lowest BCUT2D eigenvalue weighted by Crippen LogP contribution is -2.27. The molecule has 1 saturated carbocycles. The smallest absolute Gasteiger partial charge is 0.108 e. The topological polar surface area (TPSA) is 0 Å². The van der Waals surface area contributed by atoms with Gasteiger partial charge in [0.2, 0.25) is 0 Å². The van der Waals surface area contributed by atoms with Crippen LogP contribution in [-0.4, -0.2) is 5.67 Å². The molecule has 1 heteroatoms. The van der Waals surface area contributed by atoms with Crippen LogP contribution >= 0.6 is 0 Å². The fourth-order valence-electron chi connectivity index (χ4n) is 1.79. The van der Waals surface area contributed by atoms with E-state index < -0.39 is 5.67 Å². The molecule has 1 fully saturated rings. The standard InChI is InChI=1S/C9H17F/c1-9(2,10)8-6-4-3-5-7-8/h8H,3-7H2,1-2H3. The SMILES string of the molecule is CC(C)(F)C1CCCCC1. The van der Waals surface area contributed by atoms with E-state index in [1.807, 2.05) is 0 Å². The van der Waals surface area contributed by atoms with Crippen molar-refractivity contribution in [3.63, 3.8) is 0 Å². The van der Waals surface area contributed by atoms with Gasteiger partial charge in [-0.1, -0.05) is 19.3 Å². The van der Waals surface area contributed by atoms with Gasteiger partial charge in [0.15, 0.2) is 0 Å². The molecular weight excluding hydrogens is 127 g/mol. The molecule has 1 aliphatic rings. The van der Waals surface area contributed by atoms with Gasteiger partial charge in [-0.05, 0) is 32.6 Å². The molecule has 0 amide bonds. The van der Waals surface area contributed by atoms with Crippen LogP contribution in [0.2, 0.25) is 0 Å². The summed E-state index contributed by atoms with van der Waals surface area (Å²) < 4.78 is 13.3. The molecule has 0 heterocycles. The second kappa shape index (κ2) is 2.89. The maximum absolute atomic E-state index is 13.3. The van der Waals surface area contributed by atoms with Gasteiger partial charge in [-0.15, -0.1) is 0 Å². The molecule has 0 aromatic carbocycles. The molecule has 0 radical (unpaired) electrons. The van der Waals surface area contributed by atoms with E-state index in [1.165, 1.54) is 19.3 Å². The van der Waals surface area contributed by atoms with Gasteiger partial charge in [-0.25, -0.2) is 4.39 Å². The Labute approximate surface area is 62.8 Å². The first-order chi connectivity index (χ1) is 4.61. The number of rotatable bonds is 1. The maximum Gasteiger partial charge on any atom is 0.108 e. The number of alkyl halides is 1. The van der Waals surface area contributed by atoms with Crippen LogP contribution < -0.4 is 0 Å². The Kier molecular flexibility index (Phi) is 2.32. The van der Waals surface area contributed by atoms with Gasteiger partial charge >= 0.3 is 0 Å². The lowest BCUT2D eigenvalue weighted by molar-refractivity contribution is 0.0943. The van der Waals surface area contributed by atoms with Gasteiger partial charge in [-0.2, -0.15) is 0 Å². The van der Waals surface area contributed by atoms with Crippen molar-refractivity contribution in [3.8, 4) is 0 Å². The van der Waals surface area contributed by atoms with Crippen LogP contribution in [-0.2, 0) is 0 Å². The predicted octanol–water partition coefficient (Wildman–Crippen LogP) is 3.31. The van der Waals surface area contributed by atoms with Gasteiger partial charge in [0.1, 0.15) is 5.67 Å². The summed E-state index contributed by atoms with van der Waals surface area (Å²) >= 11 is 0. The minimum atomic E-state index is -0.930. The normalized spacial score (nSPS) is 23.1. The van der Waals surface area contributed by atoms with E-state index >= 15 is 0 Å². The molecule has 0 nitrogen and oxygen atoms in total. The van der Waals surface area contributed by atoms with E-state index in [9.17, 15) is 4.39 Å². The quantitative estimate of drug-likeness (QED) is 0.529. The fourth-order valence-corrected chi connectivity index (χ4v) is 1.79. The van der Waals surface area contributed by atoms with Crippen molar-refractivity contribution in [3.05, 3.63) is 0 Å². The van der Waals surface area contributed by atoms with Crippen molar-refractivity contribution in [2.24, 2.45) is 5.92 Å². The lowest BCUT2D eigenvalue weighted by atomic mass is 9.80. The zero-order valence-electron chi connectivity index (χ0n) is 6.99. The molecule has 1 rings (SSSR count). The first-order valence-electron chi connectivity index (χ1n) is 4.29. The Morgan fingerprint density at radius 2 is 1.60 bits per heavy atom. The summed E-state index contributed by atoms with van der Waals surface area (Å²) in [6.07, 6.45) is 5.98. The van der Waals surface area contributed by atoms with E-state index in [1.54, 1.807) is 13.8 Å². The number of hydrogen-bond acceptors (Lipinski definition) is 0. The first kappa shape index (κ1) is 8.03. The first-order valence-corrected chi connectivity index (χ1v) is 4.29. The van der Waals surface area contributed by atoms with Crippen molar-refractivity contribution >= 4 is 0 Å². The fraction of sp³-hybridized carbons (Fsp3) is 1.00. The molecule has 0 spiro atoms. The molecule has 0 aliphatic heterocycles. The highest BCUT2D eigenvalue weighted by atomic mass is 19.1. The third-order valence-corrected chi connectivity index (χ3v) is 2.58. The Hall–Kier alpha value is -0.0700. The van der Waals surface area contributed by atoms with Crippen LogP contribution in [0.3, 0.4) is 0 Å². The molecule has 0 unspecified atom stereocenters. The van der Waals surface area contributed by atoms with Gasteiger partial charge < -0.3 is 0 Å². The summed E-state index contributed by atoms with van der Waals surface area (Å²) in [6, 6.07) is 0. The van der Waals surface area contributed by atoms with E-state index in [0.717, 1.165) is 12.8 Å². The molecule has 0 N–H and O–H groups in total. The zero-order chi connectivity index (χ0) is 7.61. The van der Waals surface area contributed by atoms with Gasteiger partial charge in [0.25, 0.3) is 0 Å². The molecule has 0 aromatic rings. The Balaban J connectivity index is 2.39. The third kappa shape index (κ3) is 1.96. The molecule has 60 valence electrons. The Bertz CT molecular complexity index is 95.8. The van der Waals surface area contributed by atoms with E-state index in [0.29, 0.717) is 5.92 Å². The van der Waals surface area contributed by atoms with Crippen LogP contribution in [0.15, 0.2) is 0 Å². The molecule has 0 atom stereocenters. The summed E-state index contributed by atoms with van der Waals surface area (Å²) in [7, 11) is 0. The zero-order valence-corrected chi connectivity index (χ0v) is 6.99. The predicted molar refractivity (Wildman–Crippen MR) is 41.8 cm³/mol. The third-order valence-electron chi connectivity index (χ3n) is 2.58. The Morgan fingerprint density at radius 3 is 1.90 bits per heavy atom. The molecule has 0 aromatic heterocycles. The summed E-state index contributed by atoms with van der Waals surface area (Å²) in [4.78, 5) is 0. The summed E-state index contributed by atoms with van der Waals surface area (Å²) in [5, 5.41) is 0. The summed E-state index contributed by atoms with van der Waals surface area (Å²) in [5.74, 6) is 0.334. The van der Waals surface area contributed by atoms with Gasteiger partial charge in [-0.3, -0.25) is 0 Å². The van der Waals surface area contributed by atoms with E-state index in [4.69, 9.17) is 0 Å². The molecule has 0 saturated heterocycles. The molecule has 1 aliphatic carbocycles. The highest BCUT2D eigenvalue weighted by Crippen LogP contribution is 2.34. The van der Waals surface area contributed by atoms with Gasteiger partial charge in [0.05, 0.1) is 0 Å². The molecule has 0 bridgehead atoms. The number of hydrogen-bond donors (Lipinski definition) is 0. The largest absolute Gasteiger partial charge is 0.244 e. The number of halogens is 1. The highest BCUT2D eigenvalue weighted by molar-refractivity contribution is 4.80. The summed E-state index contributed by atoms with van der Waals surface area (Å²) in [5.41, 5.74) is -0.930. The molecule has 10 heavy (non-hydrogen) atoms. The average Bonchev–Trinajstić information content (AvgIpc) is 1.88. The minimum absolute atomic E-state index is 0.334. The van der Waals surface area contributed by atoms with Crippen LogP contribution in [0.25, 0.3) is 0 Å². The van der Waals surface area contributed by atoms with Gasteiger partial charge in [0, 0.05) is 0 Å². The lowest BCUT2D eigenvalue weighted by Gasteiger charge is -2.30. The molecular formula is C9H17F. The van der Waals surface area contributed by atoms with Crippen molar-refractivity contribution in [1.82, 2.24) is 0 Å². The minimum Gasteiger partial charge on any atom is -0.244 e. The van der Waals surface area contributed by atoms with Crippen LogP contribution in [0.5, 0.6) is 0 Å². The van der Waals surface area contributed by atoms with E-state index in [-0.39, 0.29) is 0 Å². The maximum atomic E-state index is 13.3. The van der Waals surface area contributed by atoms with Crippen molar-refractivity contribution in [2.75, 3.05) is 0 Å². The van der Waals surface area contributed by atoms with Crippen molar-refractivity contribution in [1.29, 1.82) is 0 Å². The summed E-state index contributed by atoms with van der Waals surface area (Å²) in [6.45, 7) is 3.42. The highest BCUT2D eigenvalue weighted by Gasteiger charge is 2.29. The average molecular weight is 144 g/mol. The van der Waals surface area contributed by atoms with Crippen LogP contribution in [0.1, 0.15) is 46.0 Å². The van der Waals surface area contributed by atoms with E-state index in [2.05, 4.69) is 0 Å². The van der Waals surface area contributed by atoms with Crippen LogP contribution in [0.4, 0.5) is 4.39 Å². The van der Waals surface area contributed by atoms with Crippen molar-refractivity contribution in [2.45, 2.75) is 51.6 Å². The Morgan fingerprint density at radius 1 is 1.10 bits per heavy atom. The monoisotopic (exact) mass is 144 g/mol.